The zero-order valence-corrected chi connectivity index (χ0v) is 11.0. The smallest absolute Gasteiger partial charge is 0.127 e. The molecule has 1 heterocycles. The molecule has 1 aromatic heterocycles. The number of nitriles is 1. The van der Waals surface area contributed by atoms with Crippen LogP contribution in [0.25, 0.3) is 16.9 Å². The summed E-state index contributed by atoms with van der Waals surface area (Å²) < 4.78 is 14.8. The molecule has 3 rings (SSSR count). The number of benzene rings is 2. The molecule has 21 heavy (non-hydrogen) atoms. The van der Waals surface area contributed by atoms with Crippen LogP contribution < -0.4 is 5.73 Å². The zero-order chi connectivity index (χ0) is 14.8. The van der Waals surface area contributed by atoms with Crippen molar-refractivity contribution in [3.05, 3.63) is 66.0 Å². The maximum absolute atomic E-state index is 13.3. The summed E-state index contributed by atoms with van der Waals surface area (Å²) in [5.41, 5.74) is 8.53. The van der Waals surface area contributed by atoms with Crippen LogP contribution in [-0.4, -0.2) is 9.78 Å². The second-order valence-corrected chi connectivity index (χ2v) is 4.54. The van der Waals surface area contributed by atoms with E-state index >= 15 is 0 Å². The van der Waals surface area contributed by atoms with Crippen molar-refractivity contribution in [1.82, 2.24) is 9.78 Å². The first-order valence-electron chi connectivity index (χ1n) is 6.29. The molecule has 3 aromatic rings. The molecular formula is C16H11FN4. The number of rotatable bonds is 2. The van der Waals surface area contributed by atoms with E-state index in [1.54, 1.807) is 47.1 Å². The maximum atomic E-state index is 13.3. The van der Waals surface area contributed by atoms with Crippen molar-refractivity contribution in [3.8, 4) is 23.0 Å². The molecule has 0 saturated heterocycles. The second kappa shape index (κ2) is 5.10. The minimum atomic E-state index is -0.320. The first kappa shape index (κ1) is 12.9. The van der Waals surface area contributed by atoms with Gasteiger partial charge in [0, 0.05) is 11.6 Å². The summed E-state index contributed by atoms with van der Waals surface area (Å²) in [6.45, 7) is 0. The van der Waals surface area contributed by atoms with Gasteiger partial charge in [0.05, 0.1) is 23.0 Å². The molecule has 4 nitrogen and oxygen atoms in total. The predicted octanol–water partition coefficient (Wildman–Crippen LogP) is 3.13. The molecule has 0 bridgehead atoms. The van der Waals surface area contributed by atoms with Gasteiger partial charge in [0.2, 0.25) is 0 Å². The Morgan fingerprint density at radius 1 is 1.10 bits per heavy atom. The van der Waals surface area contributed by atoms with Crippen molar-refractivity contribution in [2.45, 2.75) is 0 Å². The first-order chi connectivity index (χ1) is 10.2. The summed E-state index contributed by atoms with van der Waals surface area (Å²) in [5.74, 6) is 0.123. The van der Waals surface area contributed by atoms with Gasteiger partial charge in [-0.3, -0.25) is 0 Å². The minimum absolute atomic E-state index is 0.320. The van der Waals surface area contributed by atoms with Gasteiger partial charge >= 0.3 is 0 Å². The van der Waals surface area contributed by atoms with Crippen molar-refractivity contribution >= 4 is 5.82 Å². The van der Waals surface area contributed by atoms with Crippen LogP contribution in [0.3, 0.4) is 0 Å². The molecular weight excluding hydrogens is 267 g/mol. The van der Waals surface area contributed by atoms with Crippen molar-refractivity contribution < 1.29 is 4.39 Å². The second-order valence-electron chi connectivity index (χ2n) is 4.54. The number of hydrogen-bond donors (Lipinski definition) is 1. The van der Waals surface area contributed by atoms with Crippen LogP contribution >= 0.6 is 0 Å². The fourth-order valence-corrected chi connectivity index (χ4v) is 2.07. The largest absolute Gasteiger partial charge is 0.384 e. The third-order valence-corrected chi connectivity index (χ3v) is 3.10. The van der Waals surface area contributed by atoms with Crippen LogP contribution in [0.1, 0.15) is 5.56 Å². The van der Waals surface area contributed by atoms with E-state index in [-0.39, 0.29) is 5.82 Å². The third-order valence-electron chi connectivity index (χ3n) is 3.10. The Balaban J connectivity index is 2.03. The molecule has 2 N–H and O–H groups in total. The Labute approximate surface area is 120 Å². The van der Waals surface area contributed by atoms with Crippen LogP contribution in [0.2, 0.25) is 0 Å². The molecule has 5 heteroatoms. The Kier molecular flexibility index (Phi) is 3.13. The van der Waals surface area contributed by atoms with E-state index in [4.69, 9.17) is 11.0 Å². The first-order valence-corrected chi connectivity index (χ1v) is 6.29. The molecule has 0 amide bonds. The van der Waals surface area contributed by atoms with E-state index in [0.717, 1.165) is 5.69 Å². The Bertz CT molecular complexity index is 828. The molecule has 0 unspecified atom stereocenters. The fourth-order valence-electron chi connectivity index (χ4n) is 2.07. The topological polar surface area (TPSA) is 67.6 Å². The van der Waals surface area contributed by atoms with E-state index < -0.39 is 0 Å². The normalized spacial score (nSPS) is 10.3. The highest BCUT2D eigenvalue weighted by Crippen LogP contribution is 2.23. The van der Waals surface area contributed by atoms with E-state index in [0.29, 0.717) is 22.6 Å². The molecule has 0 aliphatic heterocycles. The summed E-state index contributed by atoms with van der Waals surface area (Å²) in [6, 6.07) is 16.8. The van der Waals surface area contributed by atoms with Gasteiger partial charge in [-0.2, -0.15) is 10.4 Å². The molecule has 0 fully saturated rings. The van der Waals surface area contributed by atoms with E-state index in [9.17, 15) is 4.39 Å². The van der Waals surface area contributed by atoms with Gasteiger partial charge in [0.15, 0.2) is 0 Å². The van der Waals surface area contributed by atoms with Crippen LogP contribution in [-0.2, 0) is 0 Å². The van der Waals surface area contributed by atoms with E-state index in [2.05, 4.69) is 11.2 Å². The SMILES string of the molecule is N#Cc1ccc(-n2nc(-c3cccc(F)c3)cc2N)cc1. The van der Waals surface area contributed by atoms with Gasteiger partial charge < -0.3 is 5.73 Å². The molecule has 2 aromatic carbocycles. The minimum Gasteiger partial charge on any atom is -0.384 e. The van der Waals surface area contributed by atoms with Crippen LogP contribution in [0.4, 0.5) is 10.2 Å². The Morgan fingerprint density at radius 2 is 1.86 bits per heavy atom. The quantitative estimate of drug-likeness (QED) is 0.783. The predicted molar refractivity (Wildman–Crippen MR) is 78.1 cm³/mol. The van der Waals surface area contributed by atoms with Gasteiger partial charge in [-0.05, 0) is 36.4 Å². The molecule has 102 valence electrons. The standard InChI is InChI=1S/C16H11FN4/c17-13-3-1-2-12(8-13)15-9-16(19)21(20-15)14-6-4-11(10-18)5-7-14/h1-9H,19H2. The average Bonchev–Trinajstić information content (AvgIpc) is 2.89. The van der Waals surface area contributed by atoms with Crippen molar-refractivity contribution in [2.75, 3.05) is 5.73 Å². The number of nitrogens with two attached hydrogens (primary N) is 1. The van der Waals surface area contributed by atoms with E-state index in [1.807, 2.05) is 0 Å². The molecule has 0 spiro atoms. The lowest BCUT2D eigenvalue weighted by molar-refractivity contribution is 0.628. The van der Waals surface area contributed by atoms with Gasteiger partial charge in [0.25, 0.3) is 0 Å². The van der Waals surface area contributed by atoms with Crippen LogP contribution in [0.15, 0.2) is 54.6 Å². The molecule has 0 aliphatic carbocycles. The molecule has 0 radical (unpaired) electrons. The van der Waals surface area contributed by atoms with Crippen molar-refractivity contribution in [1.29, 1.82) is 5.26 Å². The van der Waals surface area contributed by atoms with Gasteiger partial charge in [0.1, 0.15) is 11.6 Å². The number of nitrogen functional groups attached to an aromatic ring is 1. The average molecular weight is 278 g/mol. The van der Waals surface area contributed by atoms with Crippen LogP contribution in [0, 0.1) is 17.1 Å². The zero-order valence-electron chi connectivity index (χ0n) is 11.0. The highest BCUT2D eigenvalue weighted by molar-refractivity contribution is 5.63. The summed E-state index contributed by atoms with van der Waals surface area (Å²) in [5, 5.41) is 13.2. The van der Waals surface area contributed by atoms with E-state index in [1.165, 1.54) is 12.1 Å². The van der Waals surface area contributed by atoms with Gasteiger partial charge in [-0.1, -0.05) is 12.1 Å². The number of anilines is 1. The van der Waals surface area contributed by atoms with Gasteiger partial charge in [-0.25, -0.2) is 9.07 Å². The van der Waals surface area contributed by atoms with Crippen molar-refractivity contribution in [3.63, 3.8) is 0 Å². The number of hydrogen-bond acceptors (Lipinski definition) is 3. The van der Waals surface area contributed by atoms with Gasteiger partial charge in [-0.15, -0.1) is 0 Å². The molecule has 0 aliphatic rings. The third kappa shape index (κ3) is 2.47. The monoisotopic (exact) mass is 278 g/mol. The lowest BCUT2D eigenvalue weighted by Crippen LogP contribution is -2.01. The summed E-state index contributed by atoms with van der Waals surface area (Å²) in [6.07, 6.45) is 0. The lowest BCUT2D eigenvalue weighted by atomic mass is 10.1. The number of halogens is 1. The number of nitrogens with zero attached hydrogens (tertiary/aromatic N) is 3. The van der Waals surface area contributed by atoms with Crippen molar-refractivity contribution in [2.24, 2.45) is 0 Å². The highest BCUT2D eigenvalue weighted by Gasteiger charge is 2.09. The summed E-state index contributed by atoms with van der Waals surface area (Å²) in [7, 11) is 0. The highest BCUT2D eigenvalue weighted by atomic mass is 19.1. The Hall–Kier alpha value is -3.13. The maximum Gasteiger partial charge on any atom is 0.127 e. The summed E-state index contributed by atoms with van der Waals surface area (Å²) in [4.78, 5) is 0. The fraction of sp³-hybridized carbons (Fsp3) is 0. The summed E-state index contributed by atoms with van der Waals surface area (Å²) >= 11 is 0. The molecule has 0 saturated carbocycles. The lowest BCUT2D eigenvalue weighted by Gasteiger charge is -2.03. The van der Waals surface area contributed by atoms with Crippen LogP contribution in [0.5, 0.6) is 0 Å². The number of aromatic nitrogens is 2. The Morgan fingerprint density at radius 3 is 2.52 bits per heavy atom. The molecule has 0 atom stereocenters.